The summed E-state index contributed by atoms with van der Waals surface area (Å²) in [6.45, 7) is 3.23. The van der Waals surface area contributed by atoms with Crippen molar-refractivity contribution >= 4 is 33.4 Å². The number of unbranched alkanes of at least 4 members (excludes halogenated alkanes) is 1. The first-order valence-corrected chi connectivity index (χ1v) is 11.5. The zero-order valence-electron chi connectivity index (χ0n) is 14.6. The fourth-order valence-corrected chi connectivity index (χ4v) is 6.23. The number of hydrogen-bond donors (Lipinski definition) is 0. The van der Waals surface area contributed by atoms with Crippen molar-refractivity contribution in [2.75, 3.05) is 18.9 Å². The molecule has 7 heteroatoms. The Morgan fingerprint density at radius 1 is 1.23 bits per heavy atom. The Morgan fingerprint density at radius 2 is 2.00 bits per heavy atom. The van der Waals surface area contributed by atoms with E-state index in [0.29, 0.717) is 23.9 Å². The third-order valence-electron chi connectivity index (χ3n) is 4.18. The van der Waals surface area contributed by atoms with E-state index < -0.39 is 10.0 Å². The van der Waals surface area contributed by atoms with E-state index in [-0.39, 0.29) is 10.3 Å². The van der Waals surface area contributed by atoms with Crippen LogP contribution in [0.2, 0.25) is 5.02 Å². The average molecular weight is 412 g/mol. The number of nitrogens with zero attached hydrogens (tertiary/aromatic N) is 1. The zero-order chi connectivity index (χ0) is 18.6. The van der Waals surface area contributed by atoms with E-state index in [1.807, 2.05) is 18.2 Å². The molecule has 1 fully saturated rings. The average Bonchev–Trinajstić information content (AvgIpc) is 3.13. The van der Waals surface area contributed by atoms with Gasteiger partial charge in [-0.25, -0.2) is 8.42 Å². The minimum atomic E-state index is -3.58. The van der Waals surface area contributed by atoms with Crippen molar-refractivity contribution < 1.29 is 13.2 Å². The molecule has 0 spiro atoms. The maximum Gasteiger partial charge on any atom is 0.244 e. The smallest absolute Gasteiger partial charge is 0.244 e. The van der Waals surface area contributed by atoms with Gasteiger partial charge in [0.15, 0.2) is 0 Å². The monoisotopic (exact) mass is 411 g/mol. The standard InChI is InChI=1S/C19H22ClNO3S2/c1-2-3-12-24-17-7-9-18(10-8-17)26(22,23)21-11-13-25-19(21)15-5-4-6-16(20)14-15/h4-10,14,19H,2-3,11-13H2,1H3/t19-/m1/s1. The Labute approximate surface area is 164 Å². The van der Waals surface area contributed by atoms with Crippen LogP contribution < -0.4 is 4.74 Å². The van der Waals surface area contributed by atoms with Crippen LogP contribution in [0, 0.1) is 0 Å². The fraction of sp³-hybridized carbons (Fsp3) is 0.368. The van der Waals surface area contributed by atoms with Crippen molar-refractivity contribution in [1.82, 2.24) is 4.31 Å². The third kappa shape index (κ3) is 4.36. The molecule has 1 saturated heterocycles. The molecule has 0 unspecified atom stereocenters. The van der Waals surface area contributed by atoms with Crippen LogP contribution >= 0.6 is 23.4 Å². The molecule has 2 aromatic rings. The molecule has 0 aromatic heterocycles. The Kier molecular flexibility index (Phi) is 6.51. The van der Waals surface area contributed by atoms with E-state index in [0.717, 1.165) is 24.2 Å². The second kappa shape index (κ2) is 8.65. The lowest BCUT2D eigenvalue weighted by molar-refractivity contribution is 0.309. The van der Waals surface area contributed by atoms with Crippen LogP contribution in [0.25, 0.3) is 0 Å². The first-order chi connectivity index (χ1) is 12.5. The van der Waals surface area contributed by atoms with Crippen molar-refractivity contribution in [1.29, 1.82) is 0 Å². The lowest BCUT2D eigenvalue weighted by atomic mass is 10.2. The van der Waals surface area contributed by atoms with Crippen molar-refractivity contribution in [2.24, 2.45) is 0 Å². The molecule has 1 aliphatic rings. The summed E-state index contributed by atoms with van der Waals surface area (Å²) in [6.07, 6.45) is 2.04. The quantitative estimate of drug-likeness (QED) is 0.604. The van der Waals surface area contributed by atoms with E-state index in [4.69, 9.17) is 16.3 Å². The largest absolute Gasteiger partial charge is 0.494 e. The highest BCUT2D eigenvalue weighted by atomic mass is 35.5. The maximum absolute atomic E-state index is 13.1. The number of hydrogen-bond acceptors (Lipinski definition) is 4. The van der Waals surface area contributed by atoms with Crippen molar-refractivity contribution in [3.05, 3.63) is 59.1 Å². The third-order valence-corrected chi connectivity index (χ3v) is 7.69. The van der Waals surface area contributed by atoms with E-state index >= 15 is 0 Å². The molecular formula is C19H22ClNO3S2. The molecule has 0 N–H and O–H groups in total. The molecule has 0 aliphatic carbocycles. The Bertz CT molecular complexity index is 840. The normalized spacial score (nSPS) is 18.2. The van der Waals surface area contributed by atoms with E-state index in [1.165, 1.54) is 0 Å². The number of sulfonamides is 1. The molecule has 1 aliphatic heterocycles. The fourth-order valence-electron chi connectivity index (χ4n) is 2.80. The van der Waals surface area contributed by atoms with Crippen LogP contribution in [0.15, 0.2) is 53.4 Å². The van der Waals surface area contributed by atoms with Gasteiger partial charge in [-0.2, -0.15) is 4.31 Å². The topological polar surface area (TPSA) is 46.6 Å². The lowest BCUT2D eigenvalue weighted by Gasteiger charge is -2.23. The molecule has 3 rings (SSSR count). The predicted octanol–water partition coefficient (Wildman–Crippen LogP) is 4.96. The molecule has 0 bridgehead atoms. The summed E-state index contributed by atoms with van der Waals surface area (Å²) < 4.78 is 33.4. The van der Waals surface area contributed by atoms with Gasteiger partial charge in [-0.3, -0.25) is 0 Å². The predicted molar refractivity (Wildman–Crippen MR) is 107 cm³/mol. The highest BCUT2D eigenvalue weighted by Crippen LogP contribution is 2.42. The van der Waals surface area contributed by atoms with Crippen LogP contribution in [0.1, 0.15) is 30.7 Å². The highest BCUT2D eigenvalue weighted by molar-refractivity contribution is 8.01. The van der Waals surface area contributed by atoms with E-state index in [2.05, 4.69) is 6.92 Å². The Balaban J connectivity index is 1.80. The number of rotatable bonds is 7. The molecule has 26 heavy (non-hydrogen) atoms. The number of halogens is 1. The van der Waals surface area contributed by atoms with Crippen LogP contribution in [0.5, 0.6) is 5.75 Å². The van der Waals surface area contributed by atoms with Gasteiger partial charge < -0.3 is 4.74 Å². The molecule has 0 amide bonds. The van der Waals surface area contributed by atoms with Gasteiger partial charge in [0.25, 0.3) is 0 Å². The highest BCUT2D eigenvalue weighted by Gasteiger charge is 2.36. The summed E-state index contributed by atoms with van der Waals surface area (Å²) in [7, 11) is -3.58. The molecule has 0 radical (unpaired) electrons. The SMILES string of the molecule is CCCCOc1ccc(S(=O)(=O)N2CCS[C@@H]2c2cccc(Cl)c2)cc1. The van der Waals surface area contributed by atoms with Gasteiger partial charge in [0.2, 0.25) is 10.0 Å². The molecule has 2 aromatic carbocycles. The van der Waals surface area contributed by atoms with Crippen LogP contribution in [-0.4, -0.2) is 31.6 Å². The van der Waals surface area contributed by atoms with Gasteiger partial charge >= 0.3 is 0 Å². The summed E-state index contributed by atoms with van der Waals surface area (Å²) in [5, 5.41) is 0.361. The molecular weight excluding hydrogens is 390 g/mol. The number of ether oxygens (including phenoxy) is 1. The summed E-state index contributed by atoms with van der Waals surface area (Å²) >= 11 is 7.69. The van der Waals surface area contributed by atoms with Gasteiger partial charge in [0.1, 0.15) is 5.75 Å². The summed E-state index contributed by atoms with van der Waals surface area (Å²) in [6, 6.07) is 14.1. The maximum atomic E-state index is 13.1. The first-order valence-electron chi connectivity index (χ1n) is 8.64. The zero-order valence-corrected chi connectivity index (χ0v) is 17.0. The Morgan fingerprint density at radius 3 is 2.69 bits per heavy atom. The summed E-state index contributed by atoms with van der Waals surface area (Å²) in [5.41, 5.74) is 0.906. The van der Waals surface area contributed by atoms with E-state index in [9.17, 15) is 8.42 Å². The second-order valence-corrected chi connectivity index (χ2v) is 9.58. The van der Waals surface area contributed by atoms with E-state index in [1.54, 1.807) is 46.4 Å². The summed E-state index contributed by atoms with van der Waals surface area (Å²) in [5.74, 6) is 1.45. The van der Waals surface area contributed by atoms with Crippen LogP contribution in [-0.2, 0) is 10.0 Å². The van der Waals surface area contributed by atoms with Gasteiger partial charge in [-0.05, 0) is 48.4 Å². The summed E-state index contributed by atoms with van der Waals surface area (Å²) in [4.78, 5) is 0.287. The molecule has 1 heterocycles. The minimum Gasteiger partial charge on any atom is -0.494 e. The molecule has 4 nitrogen and oxygen atoms in total. The molecule has 140 valence electrons. The van der Waals surface area contributed by atoms with Crippen LogP contribution in [0.4, 0.5) is 0 Å². The second-order valence-electron chi connectivity index (χ2n) is 6.07. The van der Waals surface area contributed by atoms with Crippen molar-refractivity contribution in [3.63, 3.8) is 0 Å². The van der Waals surface area contributed by atoms with Crippen molar-refractivity contribution in [3.8, 4) is 5.75 Å². The number of benzene rings is 2. The Hall–Kier alpha value is -1.21. The molecule has 1 atom stereocenters. The van der Waals surface area contributed by atoms with Gasteiger partial charge in [-0.1, -0.05) is 37.1 Å². The van der Waals surface area contributed by atoms with Crippen molar-refractivity contribution in [2.45, 2.75) is 30.0 Å². The van der Waals surface area contributed by atoms with Crippen LogP contribution in [0.3, 0.4) is 0 Å². The lowest BCUT2D eigenvalue weighted by Crippen LogP contribution is -2.30. The van der Waals surface area contributed by atoms with Gasteiger partial charge in [-0.15, -0.1) is 11.8 Å². The molecule has 0 saturated carbocycles. The minimum absolute atomic E-state index is 0.251. The number of thioether (sulfide) groups is 1. The van der Waals surface area contributed by atoms with Gasteiger partial charge in [0.05, 0.1) is 16.9 Å². The van der Waals surface area contributed by atoms with Gasteiger partial charge in [0, 0.05) is 17.3 Å². The first kappa shape index (κ1) is 19.5.